The van der Waals surface area contributed by atoms with Gasteiger partial charge in [0, 0.05) is 5.02 Å². The first-order chi connectivity index (χ1) is 10.8. The summed E-state index contributed by atoms with van der Waals surface area (Å²) in [7, 11) is 0. The van der Waals surface area contributed by atoms with Crippen molar-refractivity contribution in [3.8, 4) is 0 Å². The van der Waals surface area contributed by atoms with Gasteiger partial charge in [0.1, 0.15) is 5.69 Å². The van der Waals surface area contributed by atoms with Crippen molar-refractivity contribution in [2.45, 2.75) is 24.3 Å². The number of hydrogen-bond acceptors (Lipinski definition) is 6. The fraction of sp³-hybridized carbons (Fsp3) is 0.231. The lowest BCUT2D eigenvalue weighted by Gasteiger charge is -2.13. The molecule has 1 atom stereocenters. The largest absolute Gasteiger partial charge is 0.334 e. The Morgan fingerprint density at radius 3 is 2.78 bits per heavy atom. The van der Waals surface area contributed by atoms with Crippen LogP contribution in [0.3, 0.4) is 0 Å². The highest BCUT2D eigenvalue weighted by atomic mass is 35.5. The molecule has 0 bridgehead atoms. The lowest BCUT2D eigenvalue weighted by molar-refractivity contribution is -0.115. The number of hydrogen-bond donors (Lipinski definition) is 2. The Hall–Kier alpha value is -1.77. The highest BCUT2D eigenvalue weighted by molar-refractivity contribution is 8.00. The van der Waals surface area contributed by atoms with Gasteiger partial charge < -0.3 is 11.2 Å². The van der Waals surface area contributed by atoms with E-state index in [2.05, 4.69) is 15.5 Å². The maximum atomic E-state index is 12.2. The second kappa shape index (κ2) is 7.20. The molecule has 1 amide bonds. The summed E-state index contributed by atoms with van der Waals surface area (Å²) in [4.78, 5) is 23.9. The molecular formula is C13H13Cl2N5O2S. The van der Waals surface area contributed by atoms with E-state index < -0.39 is 10.8 Å². The van der Waals surface area contributed by atoms with Crippen molar-refractivity contribution >= 4 is 46.6 Å². The summed E-state index contributed by atoms with van der Waals surface area (Å²) in [6, 6.07) is 4.75. The molecule has 10 heteroatoms. The molecule has 2 rings (SSSR count). The molecule has 1 aromatic heterocycles. The number of nitrogens with one attached hydrogen (secondary N) is 1. The molecule has 0 fully saturated rings. The molecule has 23 heavy (non-hydrogen) atoms. The summed E-state index contributed by atoms with van der Waals surface area (Å²) in [5.74, 6) is 5.30. The van der Waals surface area contributed by atoms with E-state index in [9.17, 15) is 9.59 Å². The molecule has 0 spiro atoms. The second-order valence-electron chi connectivity index (χ2n) is 4.62. The number of carbonyl (C=O) groups excluding carboxylic acids is 1. The van der Waals surface area contributed by atoms with Crippen LogP contribution in [-0.4, -0.2) is 26.0 Å². The van der Waals surface area contributed by atoms with Gasteiger partial charge >= 0.3 is 0 Å². The third kappa shape index (κ3) is 4.15. The summed E-state index contributed by atoms with van der Waals surface area (Å²) in [6.45, 7) is 3.15. The predicted octanol–water partition coefficient (Wildman–Crippen LogP) is 2.09. The minimum absolute atomic E-state index is 0.139. The summed E-state index contributed by atoms with van der Waals surface area (Å²) in [6.07, 6.45) is 0. The third-order valence-electron chi connectivity index (χ3n) is 2.86. The van der Waals surface area contributed by atoms with E-state index in [-0.39, 0.29) is 16.8 Å². The average molecular weight is 374 g/mol. The monoisotopic (exact) mass is 373 g/mol. The minimum Gasteiger partial charge on any atom is -0.334 e. The van der Waals surface area contributed by atoms with Gasteiger partial charge in [-0.25, -0.2) is 0 Å². The van der Waals surface area contributed by atoms with Crippen molar-refractivity contribution < 1.29 is 4.79 Å². The number of halogens is 2. The zero-order chi connectivity index (χ0) is 17.1. The topological polar surface area (TPSA) is 103 Å². The number of nitrogens with two attached hydrogens (primary N) is 1. The summed E-state index contributed by atoms with van der Waals surface area (Å²) in [5.41, 5.74) is 0.115. The Bertz CT molecular complexity index is 811. The first-order valence-corrected chi connectivity index (χ1v) is 8.07. The van der Waals surface area contributed by atoms with Crippen molar-refractivity contribution in [3.63, 3.8) is 0 Å². The van der Waals surface area contributed by atoms with Gasteiger partial charge in [-0.15, -0.1) is 10.2 Å². The fourth-order valence-electron chi connectivity index (χ4n) is 1.59. The van der Waals surface area contributed by atoms with Crippen LogP contribution in [0.4, 0.5) is 5.69 Å². The van der Waals surface area contributed by atoms with Gasteiger partial charge in [0.25, 0.3) is 5.56 Å². The molecule has 122 valence electrons. The van der Waals surface area contributed by atoms with E-state index in [0.717, 1.165) is 16.4 Å². The normalized spacial score (nSPS) is 12.0. The molecular weight excluding hydrogens is 361 g/mol. The Morgan fingerprint density at radius 2 is 2.09 bits per heavy atom. The molecule has 0 saturated heterocycles. The van der Waals surface area contributed by atoms with E-state index in [0.29, 0.717) is 15.7 Å². The smallest absolute Gasteiger partial charge is 0.294 e. The average Bonchev–Trinajstić information content (AvgIpc) is 2.51. The van der Waals surface area contributed by atoms with Crippen LogP contribution >= 0.6 is 35.0 Å². The van der Waals surface area contributed by atoms with Gasteiger partial charge in [0.05, 0.1) is 16.0 Å². The molecule has 0 aliphatic rings. The summed E-state index contributed by atoms with van der Waals surface area (Å²) < 4.78 is 0.864. The molecule has 2 aromatic rings. The van der Waals surface area contributed by atoms with Crippen LogP contribution in [0.1, 0.15) is 12.6 Å². The first-order valence-electron chi connectivity index (χ1n) is 6.43. The van der Waals surface area contributed by atoms with E-state index >= 15 is 0 Å². The lowest BCUT2D eigenvalue weighted by atomic mass is 10.3. The molecule has 0 aliphatic heterocycles. The van der Waals surface area contributed by atoms with Crippen LogP contribution in [0.15, 0.2) is 28.2 Å². The van der Waals surface area contributed by atoms with Gasteiger partial charge in [-0.2, -0.15) is 4.68 Å². The molecule has 0 aliphatic carbocycles. The van der Waals surface area contributed by atoms with Crippen LogP contribution in [0.5, 0.6) is 0 Å². The van der Waals surface area contributed by atoms with E-state index in [1.165, 1.54) is 6.92 Å². The number of aryl methyl sites for hydroxylation is 1. The first kappa shape index (κ1) is 17.6. The zero-order valence-corrected chi connectivity index (χ0v) is 14.5. The predicted molar refractivity (Wildman–Crippen MR) is 91.6 cm³/mol. The van der Waals surface area contributed by atoms with Crippen LogP contribution in [0.2, 0.25) is 10.0 Å². The number of carbonyl (C=O) groups is 1. The Balaban J connectivity index is 2.13. The maximum absolute atomic E-state index is 12.2. The van der Waals surface area contributed by atoms with Gasteiger partial charge in [-0.1, -0.05) is 35.0 Å². The number of nitrogen functional groups attached to an aromatic ring is 1. The number of aromatic nitrogens is 3. The number of amides is 1. The molecule has 1 heterocycles. The van der Waals surface area contributed by atoms with Crippen molar-refractivity contribution in [3.05, 3.63) is 44.3 Å². The van der Waals surface area contributed by atoms with E-state index in [4.69, 9.17) is 29.0 Å². The summed E-state index contributed by atoms with van der Waals surface area (Å²) >= 11 is 12.9. The molecule has 0 unspecified atom stereocenters. The maximum Gasteiger partial charge on any atom is 0.294 e. The van der Waals surface area contributed by atoms with Crippen molar-refractivity contribution in [2.75, 3.05) is 11.2 Å². The van der Waals surface area contributed by atoms with E-state index in [1.807, 2.05) is 0 Å². The fourth-order valence-corrected chi connectivity index (χ4v) is 2.69. The molecule has 0 radical (unpaired) electrons. The van der Waals surface area contributed by atoms with Gasteiger partial charge in [-0.3, -0.25) is 9.59 Å². The quantitative estimate of drug-likeness (QED) is 0.628. The molecule has 7 nitrogen and oxygen atoms in total. The highest BCUT2D eigenvalue weighted by Gasteiger charge is 2.19. The Morgan fingerprint density at radius 1 is 1.39 bits per heavy atom. The van der Waals surface area contributed by atoms with Crippen LogP contribution < -0.4 is 16.7 Å². The molecule has 0 saturated carbocycles. The number of nitrogens with zero attached hydrogens (tertiary/aromatic N) is 3. The number of thioether (sulfide) groups is 1. The number of rotatable bonds is 4. The highest BCUT2D eigenvalue weighted by Crippen LogP contribution is 2.27. The second-order valence-corrected chi connectivity index (χ2v) is 6.77. The van der Waals surface area contributed by atoms with Crippen molar-refractivity contribution in [2.24, 2.45) is 0 Å². The SMILES string of the molecule is Cc1nnc(S[C@H](C)C(=O)Nc2cc(Cl)ccc2Cl)n(N)c1=O. The molecule has 1 aromatic carbocycles. The van der Waals surface area contributed by atoms with Crippen molar-refractivity contribution in [1.82, 2.24) is 14.9 Å². The molecule has 3 N–H and O–H groups in total. The van der Waals surface area contributed by atoms with Crippen molar-refractivity contribution in [1.29, 1.82) is 0 Å². The Labute approximate surface area is 146 Å². The Kier molecular flexibility index (Phi) is 5.51. The van der Waals surface area contributed by atoms with Gasteiger partial charge in [0.2, 0.25) is 11.1 Å². The van der Waals surface area contributed by atoms with Gasteiger partial charge in [0.15, 0.2) is 0 Å². The lowest BCUT2D eigenvalue weighted by Crippen LogP contribution is -2.33. The minimum atomic E-state index is -0.587. The van der Waals surface area contributed by atoms with Gasteiger partial charge in [-0.05, 0) is 32.0 Å². The summed E-state index contributed by atoms with van der Waals surface area (Å²) in [5, 5.41) is 10.6. The number of benzene rings is 1. The number of anilines is 1. The van der Waals surface area contributed by atoms with Crippen LogP contribution in [-0.2, 0) is 4.79 Å². The van der Waals surface area contributed by atoms with Crippen LogP contribution in [0.25, 0.3) is 0 Å². The standard InChI is InChI=1S/C13H13Cl2N5O2S/c1-6-12(22)20(16)13(19-18-6)23-7(2)11(21)17-10-5-8(14)3-4-9(10)15/h3-5,7H,16H2,1-2H3,(H,17,21)/t7-/m1/s1. The van der Waals surface area contributed by atoms with Crippen LogP contribution in [0, 0.1) is 6.92 Å². The third-order valence-corrected chi connectivity index (χ3v) is 4.48. The zero-order valence-electron chi connectivity index (χ0n) is 12.2. The van der Waals surface area contributed by atoms with E-state index in [1.54, 1.807) is 25.1 Å².